The maximum Gasteiger partial charge on any atom is 0.182 e. The van der Waals surface area contributed by atoms with Gasteiger partial charge in [-0.05, 0) is 31.9 Å². The number of halogens is 2. The van der Waals surface area contributed by atoms with E-state index in [0.717, 1.165) is 25.9 Å². The van der Waals surface area contributed by atoms with Gasteiger partial charge in [0.2, 0.25) is 0 Å². The van der Waals surface area contributed by atoms with E-state index in [4.69, 9.17) is 38.7 Å². The van der Waals surface area contributed by atoms with Crippen LogP contribution in [0.3, 0.4) is 0 Å². The molecule has 1 spiro atoms. The number of aromatic nitrogens is 4. The molecule has 4 heterocycles. The minimum absolute atomic E-state index is 0.0149. The summed E-state index contributed by atoms with van der Waals surface area (Å²) in [6.45, 7) is 4.08. The fourth-order valence-corrected chi connectivity index (χ4v) is 5.08. The van der Waals surface area contributed by atoms with Crippen LogP contribution in [0.25, 0.3) is 16.9 Å². The number of anilines is 1. The van der Waals surface area contributed by atoms with Gasteiger partial charge in [0.1, 0.15) is 11.2 Å². The zero-order chi connectivity index (χ0) is 21.8. The van der Waals surface area contributed by atoms with Gasteiger partial charge in [0.05, 0.1) is 41.2 Å². The van der Waals surface area contributed by atoms with E-state index >= 15 is 0 Å². The SMILES string of the molecule is C[C@@H]1OCC2(CCN(c3nc4cnn(-c5cccc(Cl)c5Cl)c4nc3CO)CC2)[C@@H]1N. The highest BCUT2D eigenvalue weighted by Crippen LogP contribution is 2.42. The van der Waals surface area contributed by atoms with Gasteiger partial charge in [-0.15, -0.1) is 0 Å². The normalized spacial score (nSPS) is 23.2. The number of rotatable bonds is 3. The number of aliphatic hydroxyl groups is 1. The molecule has 2 saturated heterocycles. The summed E-state index contributed by atoms with van der Waals surface area (Å²) in [5, 5.41) is 15.3. The molecule has 2 aromatic heterocycles. The van der Waals surface area contributed by atoms with Gasteiger partial charge in [0, 0.05) is 24.5 Å². The lowest BCUT2D eigenvalue weighted by Crippen LogP contribution is -2.51. The van der Waals surface area contributed by atoms with Crippen LogP contribution in [-0.4, -0.2) is 56.7 Å². The minimum Gasteiger partial charge on any atom is -0.390 e. The zero-order valence-corrected chi connectivity index (χ0v) is 18.6. The average Bonchev–Trinajstić information content (AvgIpc) is 3.32. The lowest BCUT2D eigenvalue weighted by atomic mass is 9.73. The molecule has 0 amide bonds. The van der Waals surface area contributed by atoms with E-state index in [1.54, 1.807) is 23.0 Å². The largest absolute Gasteiger partial charge is 0.390 e. The Balaban J connectivity index is 1.48. The lowest BCUT2D eigenvalue weighted by Gasteiger charge is -2.41. The number of piperidine rings is 1. The highest BCUT2D eigenvalue weighted by Gasteiger charge is 2.47. The molecule has 10 heteroatoms. The Hall–Kier alpha value is -1.97. The van der Waals surface area contributed by atoms with Crippen LogP contribution < -0.4 is 10.6 Å². The molecule has 5 rings (SSSR count). The number of benzene rings is 1. The molecule has 3 aromatic rings. The summed E-state index contributed by atoms with van der Waals surface area (Å²) < 4.78 is 7.42. The number of ether oxygens (including phenoxy) is 1. The van der Waals surface area contributed by atoms with Crippen LogP contribution in [0.2, 0.25) is 10.0 Å². The molecule has 0 bridgehead atoms. The predicted octanol–water partition coefficient (Wildman–Crippen LogP) is 2.95. The molecule has 3 N–H and O–H groups in total. The van der Waals surface area contributed by atoms with Crippen molar-refractivity contribution in [2.45, 2.75) is 38.5 Å². The quantitative estimate of drug-likeness (QED) is 0.616. The summed E-state index contributed by atoms with van der Waals surface area (Å²) in [6, 6.07) is 5.37. The van der Waals surface area contributed by atoms with Gasteiger partial charge in [-0.2, -0.15) is 5.10 Å². The predicted molar refractivity (Wildman–Crippen MR) is 120 cm³/mol. The molecule has 2 fully saturated rings. The van der Waals surface area contributed by atoms with Crippen LogP contribution in [0.4, 0.5) is 5.82 Å². The van der Waals surface area contributed by atoms with Gasteiger partial charge in [0.15, 0.2) is 11.5 Å². The highest BCUT2D eigenvalue weighted by atomic mass is 35.5. The first-order chi connectivity index (χ1) is 14.9. The molecule has 0 unspecified atom stereocenters. The van der Waals surface area contributed by atoms with E-state index in [2.05, 4.69) is 15.0 Å². The third-order valence-corrected chi connectivity index (χ3v) is 7.47. The van der Waals surface area contributed by atoms with Crippen LogP contribution in [0.5, 0.6) is 0 Å². The number of hydrogen-bond acceptors (Lipinski definition) is 7. The number of aliphatic hydroxyl groups excluding tert-OH is 1. The molecule has 0 radical (unpaired) electrons. The fraction of sp³-hybridized carbons (Fsp3) is 0.476. The topological polar surface area (TPSA) is 102 Å². The Labute approximate surface area is 189 Å². The Morgan fingerprint density at radius 1 is 1.26 bits per heavy atom. The summed E-state index contributed by atoms with van der Waals surface area (Å²) in [6.07, 6.45) is 3.57. The molecule has 2 atom stereocenters. The van der Waals surface area contributed by atoms with Crippen molar-refractivity contribution < 1.29 is 9.84 Å². The molecule has 2 aliphatic rings. The van der Waals surface area contributed by atoms with Crippen molar-refractivity contribution in [3.05, 3.63) is 40.1 Å². The number of hydrogen-bond donors (Lipinski definition) is 2. The van der Waals surface area contributed by atoms with Gasteiger partial charge in [0.25, 0.3) is 0 Å². The molecule has 0 saturated carbocycles. The van der Waals surface area contributed by atoms with Crippen molar-refractivity contribution in [2.24, 2.45) is 11.1 Å². The van der Waals surface area contributed by atoms with Crippen LogP contribution >= 0.6 is 23.2 Å². The Bertz CT molecular complexity index is 1130. The van der Waals surface area contributed by atoms with Gasteiger partial charge >= 0.3 is 0 Å². The summed E-state index contributed by atoms with van der Waals surface area (Å²) in [5.41, 5.74) is 8.71. The van der Waals surface area contributed by atoms with Gasteiger partial charge < -0.3 is 20.5 Å². The molecular weight excluding hydrogens is 439 g/mol. The van der Waals surface area contributed by atoms with E-state index in [-0.39, 0.29) is 24.2 Å². The summed E-state index contributed by atoms with van der Waals surface area (Å²) in [4.78, 5) is 11.7. The summed E-state index contributed by atoms with van der Waals surface area (Å²) in [7, 11) is 0. The van der Waals surface area contributed by atoms with Crippen molar-refractivity contribution in [1.82, 2.24) is 19.7 Å². The van der Waals surface area contributed by atoms with Gasteiger partial charge in [-0.25, -0.2) is 14.6 Å². The third-order valence-electron chi connectivity index (χ3n) is 6.66. The first-order valence-electron chi connectivity index (χ1n) is 10.4. The summed E-state index contributed by atoms with van der Waals surface area (Å²) in [5.74, 6) is 0.683. The van der Waals surface area contributed by atoms with E-state index in [1.165, 1.54) is 0 Å². The highest BCUT2D eigenvalue weighted by molar-refractivity contribution is 6.43. The maximum atomic E-state index is 10.0. The Morgan fingerprint density at radius 2 is 2.03 bits per heavy atom. The monoisotopic (exact) mass is 462 g/mol. The second kappa shape index (κ2) is 7.86. The smallest absolute Gasteiger partial charge is 0.182 e. The molecule has 0 aliphatic carbocycles. The van der Waals surface area contributed by atoms with E-state index in [1.807, 2.05) is 13.0 Å². The van der Waals surface area contributed by atoms with Crippen LogP contribution in [-0.2, 0) is 11.3 Å². The number of nitrogens with zero attached hydrogens (tertiary/aromatic N) is 5. The summed E-state index contributed by atoms with van der Waals surface area (Å²) >= 11 is 12.5. The number of fused-ring (bicyclic) bond motifs is 1. The third kappa shape index (κ3) is 3.37. The Morgan fingerprint density at radius 3 is 2.71 bits per heavy atom. The van der Waals surface area contributed by atoms with E-state index < -0.39 is 0 Å². The van der Waals surface area contributed by atoms with Crippen molar-refractivity contribution >= 4 is 40.2 Å². The van der Waals surface area contributed by atoms with Gasteiger partial charge in [-0.1, -0.05) is 29.3 Å². The van der Waals surface area contributed by atoms with E-state index in [0.29, 0.717) is 45.0 Å². The number of nitrogens with two attached hydrogens (primary N) is 1. The minimum atomic E-state index is -0.228. The van der Waals surface area contributed by atoms with Gasteiger partial charge in [-0.3, -0.25) is 0 Å². The molecule has 164 valence electrons. The van der Waals surface area contributed by atoms with Crippen molar-refractivity contribution in [3.63, 3.8) is 0 Å². The van der Waals surface area contributed by atoms with Crippen LogP contribution in [0.1, 0.15) is 25.5 Å². The van der Waals surface area contributed by atoms with Crippen molar-refractivity contribution in [1.29, 1.82) is 0 Å². The molecule has 2 aliphatic heterocycles. The first kappa shape index (κ1) is 20.9. The molecule has 8 nitrogen and oxygen atoms in total. The molecular formula is C21H24Cl2N6O2. The van der Waals surface area contributed by atoms with Crippen molar-refractivity contribution in [3.8, 4) is 5.69 Å². The zero-order valence-electron chi connectivity index (χ0n) is 17.1. The maximum absolute atomic E-state index is 10.0. The lowest BCUT2D eigenvalue weighted by molar-refractivity contribution is 0.0973. The average molecular weight is 463 g/mol. The standard InChI is InChI=1S/C21H24Cl2N6O2/c1-12-18(24)21(11-31-12)5-7-28(8-6-21)19-15(10-30)27-20-14(26-19)9-25-29(20)16-4-2-3-13(22)17(16)23/h2-4,9,12,18,30H,5-8,10-11,24H2,1H3/t12-,18+/m0/s1. The van der Waals surface area contributed by atoms with Crippen LogP contribution in [0.15, 0.2) is 24.4 Å². The second-order valence-electron chi connectivity index (χ2n) is 8.38. The second-order valence-corrected chi connectivity index (χ2v) is 9.17. The first-order valence-corrected chi connectivity index (χ1v) is 11.1. The molecule has 31 heavy (non-hydrogen) atoms. The fourth-order valence-electron chi connectivity index (χ4n) is 4.70. The van der Waals surface area contributed by atoms with Crippen LogP contribution in [0, 0.1) is 5.41 Å². The van der Waals surface area contributed by atoms with E-state index in [9.17, 15) is 5.11 Å². The molecule has 1 aromatic carbocycles. The van der Waals surface area contributed by atoms with Crippen molar-refractivity contribution in [2.75, 3.05) is 24.6 Å². The Kier molecular flexibility index (Phi) is 5.30.